The third-order valence-corrected chi connectivity index (χ3v) is 9.82. The molecule has 2 aromatic heterocycles. The Morgan fingerprint density at radius 2 is 2.00 bits per heavy atom. The van der Waals surface area contributed by atoms with Crippen molar-refractivity contribution in [3.63, 3.8) is 0 Å². The Hall–Kier alpha value is -3.28. The molecular weight excluding hydrogens is 599 g/mol. The maximum atomic E-state index is 13.8. The van der Waals surface area contributed by atoms with E-state index in [9.17, 15) is 31.2 Å². The number of nitrogens with zero attached hydrogens (tertiary/aromatic N) is 6. The number of hydrogen-bond donors (Lipinski definition) is 1. The highest BCUT2D eigenvalue weighted by Gasteiger charge is 2.43. The number of sulfonamides is 1. The van der Waals surface area contributed by atoms with Crippen LogP contribution in [0, 0.1) is 0 Å². The summed E-state index contributed by atoms with van der Waals surface area (Å²) in [6.07, 6.45) is -0.777. The monoisotopic (exact) mass is 629 g/mol. The minimum atomic E-state index is -4.36. The first-order valence-electron chi connectivity index (χ1n) is 13.1. The normalized spacial score (nSPS) is 18.8. The largest absolute Gasteiger partial charge is 0.377 e. The first-order chi connectivity index (χ1) is 19.8. The van der Waals surface area contributed by atoms with Gasteiger partial charge in [-0.2, -0.15) is 4.72 Å². The zero-order valence-electron chi connectivity index (χ0n) is 23.3. The van der Waals surface area contributed by atoms with Crippen LogP contribution in [0.1, 0.15) is 37.3 Å². The van der Waals surface area contributed by atoms with E-state index in [4.69, 9.17) is 4.74 Å². The Labute approximate surface area is 243 Å². The van der Waals surface area contributed by atoms with Gasteiger partial charge < -0.3 is 14.5 Å². The molecule has 1 fully saturated rings. The van der Waals surface area contributed by atoms with Gasteiger partial charge in [-0.15, -0.1) is 10.2 Å². The Bertz CT molecular complexity index is 1720. The number of hydrogen-bond acceptors (Lipinski definition) is 8. The van der Waals surface area contributed by atoms with Crippen LogP contribution in [0.5, 0.6) is 0 Å². The van der Waals surface area contributed by atoms with Crippen molar-refractivity contribution in [1.82, 2.24) is 33.9 Å². The lowest BCUT2D eigenvalue weighted by molar-refractivity contribution is -0.0725. The van der Waals surface area contributed by atoms with Gasteiger partial charge in [0.2, 0.25) is 15.2 Å². The van der Waals surface area contributed by atoms with Gasteiger partial charge in [-0.3, -0.25) is 4.57 Å². The molecule has 42 heavy (non-hydrogen) atoms. The van der Waals surface area contributed by atoms with E-state index in [1.807, 2.05) is 6.92 Å². The Kier molecular flexibility index (Phi) is 7.97. The van der Waals surface area contributed by atoms with Crippen LogP contribution in [0.3, 0.4) is 0 Å². The van der Waals surface area contributed by atoms with E-state index in [0.717, 1.165) is 4.57 Å². The Balaban J connectivity index is 1.75. The molecule has 1 atom stereocenters. The second-order valence-corrected chi connectivity index (χ2v) is 13.2. The molecule has 3 aromatic rings. The summed E-state index contributed by atoms with van der Waals surface area (Å²) in [4.78, 5) is 29.2. The van der Waals surface area contributed by atoms with E-state index >= 15 is 0 Å². The third kappa shape index (κ3) is 5.11. The van der Waals surface area contributed by atoms with Crippen molar-refractivity contribution in [3.8, 4) is 5.13 Å². The highest BCUT2D eigenvalue weighted by atomic mass is 32.2. The first-order valence-corrected chi connectivity index (χ1v) is 15.4. The van der Waals surface area contributed by atoms with Crippen LogP contribution in [0.25, 0.3) is 21.7 Å². The van der Waals surface area contributed by atoms with Crippen LogP contribution in [0.15, 0.2) is 27.9 Å². The molecule has 5 rings (SSSR count). The first kappa shape index (κ1) is 30.2. The minimum Gasteiger partial charge on any atom is -0.377 e. The number of benzene rings is 1. The number of amides is 2. The smallest absolute Gasteiger partial charge is 0.335 e. The zero-order valence-corrected chi connectivity index (χ0v) is 24.9. The Morgan fingerprint density at radius 1 is 1.29 bits per heavy atom. The van der Waals surface area contributed by atoms with Gasteiger partial charge >= 0.3 is 11.7 Å². The maximum absolute atomic E-state index is 13.8. The van der Waals surface area contributed by atoms with Crippen molar-refractivity contribution < 1.29 is 31.1 Å². The number of imidazole rings is 1. The molecular formula is C25H30F3N7O5S2. The number of aryl methyl sites for hydroxylation is 1. The summed E-state index contributed by atoms with van der Waals surface area (Å²) in [6.45, 7) is 2.72. The van der Waals surface area contributed by atoms with Crippen molar-refractivity contribution in [2.24, 2.45) is 0 Å². The summed E-state index contributed by atoms with van der Waals surface area (Å²) in [5.41, 5.74) is -0.462. The predicted molar refractivity (Wildman–Crippen MR) is 149 cm³/mol. The van der Waals surface area contributed by atoms with Crippen LogP contribution in [-0.2, 0) is 21.3 Å². The van der Waals surface area contributed by atoms with E-state index in [1.54, 1.807) is 32.0 Å². The lowest BCUT2D eigenvalue weighted by Crippen LogP contribution is -2.63. The maximum Gasteiger partial charge on any atom is 0.335 e. The van der Waals surface area contributed by atoms with E-state index in [1.165, 1.54) is 21.6 Å². The fourth-order valence-electron chi connectivity index (χ4n) is 5.15. The van der Waals surface area contributed by atoms with E-state index in [-0.39, 0.29) is 53.9 Å². The van der Waals surface area contributed by atoms with Gasteiger partial charge in [0.25, 0.3) is 6.43 Å². The summed E-state index contributed by atoms with van der Waals surface area (Å²) in [5, 5.41) is 6.55. The number of aromatic nitrogens is 4. The molecule has 4 heterocycles. The molecule has 0 spiro atoms. The number of halogens is 3. The lowest BCUT2D eigenvalue weighted by Gasteiger charge is -2.39. The van der Waals surface area contributed by atoms with Gasteiger partial charge in [0.05, 0.1) is 29.1 Å². The molecule has 1 saturated heterocycles. The third-order valence-electron chi connectivity index (χ3n) is 7.35. The van der Waals surface area contributed by atoms with Crippen molar-refractivity contribution in [2.45, 2.75) is 49.7 Å². The molecule has 2 aliphatic heterocycles. The SMILES string of the molecule is CCn1c(=O)n(-c2nnc(C(F)F)s2)c2cc(S(=O)(=O)NC3(CF)COC3)cc(C3=CCN(C(=O)N(C)C)C(C)C3)c21. The molecule has 17 heteroatoms. The Morgan fingerprint density at radius 3 is 2.52 bits per heavy atom. The van der Waals surface area contributed by atoms with E-state index in [0.29, 0.717) is 34.4 Å². The highest BCUT2D eigenvalue weighted by molar-refractivity contribution is 7.89. The topological polar surface area (TPSA) is 132 Å². The van der Waals surface area contributed by atoms with Crippen molar-refractivity contribution in [1.29, 1.82) is 0 Å². The fourth-order valence-corrected chi connectivity index (χ4v) is 7.26. The lowest BCUT2D eigenvalue weighted by atomic mass is 9.94. The molecule has 0 aliphatic carbocycles. The molecule has 1 N–H and O–H groups in total. The summed E-state index contributed by atoms with van der Waals surface area (Å²) in [6, 6.07) is 2.21. The van der Waals surface area contributed by atoms with E-state index in [2.05, 4.69) is 14.9 Å². The molecule has 1 aromatic carbocycles. The van der Waals surface area contributed by atoms with Gasteiger partial charge in [-0.25, -0.2) is 35.7 Å². The molecule has 12 nitrogen and oxygen atoms in total. The fraction of sp³-hybridized carbons (Fsp3) is 0.520. The summed E-state index contributed by atoms with van der Waals surface area (Å²) in [5.74, 6) is 0. The number of rotatable bonds is 8. The predicted octanol–water partition coefficient (Wildman–Crippen LogP) is 2.78. The summed E-state index contributed by atoms with van der Waals surface area (Å²) >= 11 is 0.517. The van der Waals surface area contributed by atoms with Crippen LogP contribution in [0.4, 0.5) is 18.0 Å². The minimum absolute atomic E-state index is 0.108. The summed E-state index contributed by atoms with van der Waals surface area (Å²) in [7, 11) is -1.07. The molecule has 2 aliphatic rings. The second kappa shape index (κ2) is 11.1. The number of nitrogens with one attached hydrogen (secondary N) is 1. The molecule has 2 amide bonds. The van der Waals surface area contributed by atoms with Crippen LogP contribution >= 0.6 is 11.3 Å². The quantitative estimate of drug-likeness (QED) is 0.406. The standard InChI is InChI=1S/C25H30F3N7O5S2/c1-5-33-19-17(15-6-7-34(14(2)8-15)23(36)32(3)4)9-16(42(38,39)31-25(11-26)12-40-13-25)10-18(19)35(24(33)37)22-30-29-21(41-22)20(27)28/h6,9-10,14,20,31H,5,7-8,11-13H2,1-4H3. The van der Waals surface area contributed by atoms with Crippen molar-refractivity contribution in [2.75, 3.05) is 40.5 Å². The van der Waals surface area contributed by atoms with Crippen LogP contribution < -0.4 is 10.4 Å². The van der Waals surface area contributed by atoms with Gasteiger partial charge in [-0.05, 0) is 38.0 Å². The highest BCUT2D eigenvalue weighted by Crippen LogP contribution is 2.36. The number of alkyl halides is 3. The average molecular weight is 630 g/mol. The van der Waals surface area contributed by atoms with Crippen molar-refractivity contribution in [3.05, 3.63) is 39.3 Å². The molecule has 228 valence electrons. The van der Waals surface area contributed by atoms with Crippen LogP contribution in [-0.4, -0.2) is 95.7 Å². The van der Waals surface area contributed by atoms with Gasteiger partial charge in [0.1, 0.15) is 12.2 Å². The zero-order chi connectivity index (χ0) is 30.6. The van der Waals surface area contributed by atoms with Crippen molar-refractivity contribution >= 4 is 44.0 Å². The van der Waals surface area contributed by atoms with Gasteiger partial charge in [0, 0.05) is 38.8 Å². The number of urea groups is 1. The molecule has 0 saturated carbocycles. The number of carbonyl (C=O) groups excluding carboxylic acids is 1. The van der Waals surface area contributed by atoms with E-state index < -0.39 is 39.4 Å². The van der Waals surface area contributed by atoms with Gasteiger partial charge in [-0.1, -0.05) is 17.4 Å². The molecule has 0 bridgehead atoms. The number of carbonyl (C=O) groups is 1. The van der Waals surface area contributed by atoms with Crippen LogP contribution in [0.2, 0.25) is 0 Å². The van der Waals surface area contributed by atoms with Gasteiger partial charge in [0.15, 0.2) is 5.01 Å². The molecule has 0 radical (unpaired) electrons. The number of fused-ring (bicyclic) bond motifs is 1. The molecule has 1 unspecified atom stereocenters. The average Bonchev–Trinajstić information content (AvgIpc) is 3.51. The number of ether oxygens (including phenoxy) is 1. The second-order valence-electron chi connectivity index (χ2n) is 10.5. The summed E-state index contributed by atoms with van der Waals surface area (Å²) < 4.78 is 77.8.